The molecule has 5 nitrogen and oxygen atoms in total. The molecule has 0 atom stereocenters. The Bertz CT molecular complexity index is 633. The van der Waals surface area contributed by atoms with E-state index in [1.165, 1.54) is 12.1 Å². The monoisotopic (exact) mass is 284 g/mol. The Balaban J connectivity index is 2.09. The van der Waals surface area contributed by atoms with Gasteiger partial charge in [0, 0.05) is 11.8 Å². The molecule has 0 radical (unpaired) electrons. The van der Waals surface area contributed by atoms with Gasteiger partial charge in [-0.1, -0.05) is 0 Å². The van der Waals surface area contributed by atoms with Crippen molar-refractivity contribution in [2.24, 2.45) is 10.6 Å². The summed E-state index contributed by atoms with van der Waals surface area (Å²) in [5.41, 5.74) is -0.167. The number of hydrogen-bond acceptors (Lipinski definition) is 4. The van der Waals surface area contributed by atoms with Crippen LogP contribution in [-0.2, 0) is 10.0 Å². The van der Waals surface area contributed by atoms with Crippen LogP contribution in [0.25, 0.3) is 0 Å². The van der Waals surface area contributed by atoms with Crippen molar-refractivity contribution >= 4 is 10.0 Å². The summed E-state index contributed by atoms with van der Waals surface area (Å²) in [7, 11) is -3.92. The van der Waals surface area contributed by atoms with Crippen molar-refractivity contribution in [1.29, 1.82) is 5.26 Å². The van der Waals surface area contributed by atoms with Crippen LogP contribution in [0.15, 0.2) is 23.1 Å². The lowest BCUT2D eigenvalue weighted by Gasteiger charge is -2.13. The quantitative estimate of drug-likeness (QED) is 0.887. The summed E-state index contributed by atoms with van der Waals surface area (Å²) in [6, 6.07) is 5.33. The smallest absolute Gasteiger partial charge is 0.238 e. The van der Waals surface area contributed by atoms with Crippen LogP contribution in [0, 0.1) is 22.6 Å². The lowest BCUT2D eigenvalue weighted by molar-refractivity contribution is 0.227. The molecule has 0 spiro atoms. The third kappa shape index (κ3) is 3.22. The summed E-state index contributed by atoms with van der Waals surface area (Å²) >= 11 is 0. The summed E-state index contributed by atoms with van der Waals surface area (Å²) in [6.07, 6.45) is 2.15. The molecule has 1 fully saturated rings. The van der Waals surface area contributed by atoms with Gasteiger partial charge in [0.15, 0.2) is 11.6 Å². The fraction of sp³-hybridized carbons (Fsp3) is 0.417. The summed E-state index contributed by atoms with van der Waals surface area (Å²) in [4.78, 5) is -0.296. The van der Waals surface area contributed by atoms with Crippen molar-refractivity contribution < 1.29 is 17.5 Å². The van der Waals surface area contributed by atoms with Gasteiger partial charge in [-0.2, -0.15) is 5.26 Å². The van der Waals surface area contributed by atoms with Crippen molar-refractivity contribution in [1.82, 2.24) is 0 Å². The van der Waals surface area contributed by atoms with Crippen LogP contribution >= 0.6 is 0 Å². The van der Waals surface area contributed by atoms with Crippen molar-refractivity contribution in [3.8, 4) is 11.8 Å². The molecule has 102 valence electrons. The zero-order chi connectivity index (χ0) is 14.1. The predicted molar refractivity (Wildman–Crippen MR) is 65.2 cm³/mol. The molecule has 0 bridgehead atoms. The van der Waals surface area contributed by atoms with E-state index in [1.807, 2.05) is 0 Å². The van der Waals surface area contributed by atoms with Crippen LogP contribution in [0.3, 0.4) is 0 Å². The number of nitrogens with zero attached hydrogens (tertiary/aromatic N) is 1. The molecule has 7 heteroatoms. The first kappa shape index (κ1) is 13.8. The number of ether oxygens (including phenoxy) is 1. The average Bonchev–Trinajstić information content (AvgIpc) is 3.07. The second kappa shape index (κ2) is 4.79. The Morgan fingerprint density at radius 3 is 2.63 bits per heavy atom. The number of nitriles is 1. The Morgan fingerprint density at radius 2 is 2.16 bits per heavy atom. The van der Waals surface area contributed by atoms with Crippen LogP contribution in [0.2, 0.25) is 0 Å². The second-order valence-corrected chi connectivity index (χ2v) is 6.32. The van der Waals surface area contributed by atoms with Crippen LogP contribution in [0.4, 0.5) is 4.39 Å². The Hall–Kier alpha value is -1.65. The van der Waals surface area contributed by atoms with Gasteiger partial charge in [0.2, 0.25) is 10.0 Å². The van der Waals surface area contributed by atoms with E-state index in [0.717, 1.165) is 18.9 Å². The van der Waals surface area contributed by atoms with Gasteiger partial charge >= 0.3 is 0 Å². The summed E-state index contributed by atoms with van der Waals surface area (Å²) < 4.78 is 41.1. The molecule has 1 aliphatic carbocycles. The van der Waals surface area contributed by atoms with Gasteiger partial charge in [0.1, 0.15) is 0 Å². The third-order valence-electron chi connectivity index (χ3n) is 3.18. The first-order valence-corrected chi connectivity index (χ1v) is 7.23. The van der Waals surface area contributed by atoms with Gasteiger partial charge in [-0.3, -0.25) is 0 Å². The topological polar surface area (TPSA) is 93.2 Å². The van der Waals surface area contributed by atoms with Gasteiger partial charge in [-0.15, -0.1) is 0 Å². The maximum absolute atomic E-state index is 13.7. The van der Waals surface area contributed by atoms with Crippen LogP contribution in [-0.4, -0.2) is 15.0 Å². The van der Waals surface area contributed by atoms with Crippen molar-refractivity contribution in [2.75, 3.05) is 6.61 Å². The average molecular weight is 284 g/mol. The number of nitrogens with two attached hydrogens (primary N) is 1. The minimum absolute atomic E-state index is 0.0309. The number of primary sulfonamides is 1. The van der Waals surface area contributed by atoms with E-state index in [1.54, 1.807) is 0 Å². The Morgan fingerprint density at radius 1 is 1.47 bits per heavy atom. The molecule has 1 aromatic carbocycles. The van der Waals surface area contributed by atoms with E-state index < -0.39 is 15.8 Å². The number of hydrogen-bond donors (Lipinski definition) is 1. The number of halogens is 1. The Labute approximate surface area is 110 Å². The lowest BCUT2D eigenvalue weighted by Crippen LogP contribution is -2.14. The Kier molecular flexibility index (Phi) is 3.47. The van der Waals surface area contributed by atoms with Gasteiger partial charge in [-0.05, 0) is 31.0 Å². The van der Waals surface area contributed by atoms with E-state index in [0.29, 0.717) is 6.42 Å². The number of sulfonamides is 1. The largest absolute Gasteiger partial charge is 0.490 e. The highest BCUT2D eigenvalue weighted by Gasteiger charge is 2.43. The maximum atomic E-state index is 13.7. The zero-order valence-corrected chi connectivity index (χ0v) is 10.9. The van der Waals surface area contributed by atoms with Crippen LogP contribution in [0.1, 0.15) is 19.3 Å². The normalized spacial score (nSPS) is 16.7. The highest BCUT2D eigenvalue weighted by molar-refractivity contribution is 7.89. The summed E-state index contributed by atoms with van der Waals surface area (Å²) in [5, 5.41) is 13.6. The molecule has 1 saturated carbocycles. The molecule has 2 N–H and O–H groups in total. The molecule has 0 aliphatic heterocycles. The minimum atomic E-state index is -3.92. The second-order valence-electron chi connectivity index (χ2n) is 4.76. The molecule has 1 aromatic rings. The van der Waals surface area contributed by atoms with Gasteiger partial charge in [-0.25, -0.2) is 17.9 Å². The first-order chi connectivity index (χ1) is 8.86. The molecule has 19 heavy (non-hydrogen) atoms. The van der Waals surface area contributed by atoms with Crippen molar-refractivity contribution in [3.05, 3.63) is 24.0 Å². The highest BCUT2D eigenvalue weighted by Crippen LogP contribution is 2.48. The van der Waals surface area contributed by atoms with Gasteiger partial charge in [0.05, 0.1) is 17.6 Å². The molecule has 0 unspecified atom stereocenters. The number of benzene rings is 1. The van der Waals surface area contributed by atoms with Gasteiger partial charge < -0.3 is 4.74 Å². The van der Waals surface area contributed by atoms with E-state index >= 15 is 0 Å². The van der Waals surface area contributed by atoms with Gasteiger partial charge in [0.25, 0.3) is 0 Å². The van der Waals surface area contributed by atoms with E-state index in [-0.39, 0.29) is 22.7 Å². The molecule has 1 aliphatic rings. The molecule has 0 heterocycles. The van der Waals surface area contributed by atoms with Crippen LogP contribution in [0.5, 0.6) is 5.75 Å². The molecular formula is C12H13FN2O3S. The molecule has 0 aromatic heterocycles. The highest BCUT2D eigenvalue weighted by atomic mass is 32.2. The standard InChI is InChI=1S/C12H13FN2O3S/c13-10-7-9(19(15,16)17)1-2-11(10)18-8-12(3-4-12)5-6-14/h1-2,7H,3-5,8H2,(H2,15,16,17). The van der Waals surface area contributed by atoms with E-state index in [9.17, 15) is 12.8 Å². The molecule has 2 rings (SSSR count). The third-order valence-corrected chi connectivity index (χ3v) is 4.09. The van der Waals surface area contributed by atoms with Crippen LogP contribution < -0.4 is 9.88 Å². The lowest BCUT2D eigenvalue weighted by atomic mass is 10.1. The molecular weight excluding hydrogens is 271 g/mol. The van der Waals surface area contributed by atoms with Crippen molar-refractivity contribution in [2.45, 2.75) is 24.2 Å². The zero-order valence-electron chi connectivity index (χ0n) is 10.1. The fourth-order valence-electron chi connectivity index (χ4n) is 1.72. The minimum Gasteiger partial charge on any atom is -0.490 e. The molecule has 0 saturated heterocycles. The van der Waals surface area contributed by atoms with E-state index in [4.69, 9.17) is 15.1 Å². The molecule has 0 amide bonds. The maximum Gasteiger partial charge on any atom is 0.238 e. The first-order valence-electron chi connectivity index (χ1n) is 5.68. The van der Waals surface area contributed by atoms with E-state index in [2.05, 4.69) is 6.07 Å². The fourth-order valence-corrected chi connectivity index (χ4v) is 2.25. The summed E-state index contributed by atoms with van der Waals surface area (Å²) in [5.74, 6) is -0.809. The predicted octanol–water partition coefficient (Wildman–Crippen LogP) is 1.55. The SMILES string of the molecule is N#CCC1(COc2ccc(S(N)(=O)=O)cc2F)CC1. The summed E-state index contributed by atoms with van der Waals surface area (Å²) in [6.45, 7) is 0.256. The van der Waals surface area contributed by atoms with Crippen molar-refractivity contribution in [3.63, 3.8) is 0 Å². The number of rotatable bonds is 5.